The molecule has 7 heteroatoms. The van der Waals surface area contributed by atoms with Crippen molar-refractivity contribution in [2.45, 2.75) is 5.37 Å². The topological polar surface area (TPSA) is 32.3 Å². The fourth-order valence-electron chi connectivity index (χ4n) is 2.38. The summed E-state index contributed by atoms with van der Waals surface area (Å²) in [6, 6.07) is 11.0. The second kappa shape index (κ2) is 6.99. The average molecular weight is 371 g/mol. The zero-order valence-electron chi connectivity index (χ0n) is 11.9. The van der Waals surface area contributed by atoms with Crippen LogP contribution in [0.1, 0.15) is 10.9 Å². The van der Waals surface area contributed by atoms with E-state index in [0.717, 1.165) is 11.3 Å². The number of thioether (sulfide) groups is 1. The van der Waals surface area contributed by atoms with Crippen molar-refractivity contribution in [2.24, 2.45) is 0 Å². The number of carbonyl (C=O) groups excluding carboxylic acids is 1. The molecule has 0 unspecified atom stereocenters. The third-order valence-electron chi connectivity index (χ3n) is 3.46. The monoisotopic (exact) mass is 370 g/mol. The van der Waals surface area contributed by atoms with Gasteiger partial charge in [0.1, 0.15) is 11.2 Å². The Balaban J connectivity index is 1.76. The summed E-state index contributed by atoms with van der Waals surface area (Å²) in [6.45, 7) is 0.596. The highest BCUT2D eigenvalue weighted by Gasteiger charge is 2.31. The lowest BCUT2D eigenvalue weighted by molar-refractivity contribution is 0.214. The Morgan fingerprint density at radius 1 is 1.22 bits per heavy atom. The van der Waals surface area contributed by atoms with Crippen LogP contribution in [0.5, 0.6) is 0 Å². The van der Waals surface area contributed by atoms with Gasteiger partial charge in [0.25, 0.3) is 0 Å². The van der Waals surface area contributed by atoms with E-state index < -0.39 is 0 Å². The Morgan fingerprint density at radius 3 is 2.78 bits per heavy atom. The maximum absolute atomic E-state index is 13.4. The van der Waals surface area contributed by atoms with E-state index in [1.54, 1.807) is 40.9 Å². The lowest BCUT2D eigenvalue weighted by Crippen LogP contribution is -2.34. The van der Waals surface area contributed by atoms with E-state index in [0.29, 0.717) is 22.3 Å². The molecule has 1 N–H and O–H groups in total. The van der Waals surface area contributed by atoms with Crippen LogP contribution in [-0.4, -0.2) is 23.2 Å². The minimum Gasteiger partial charge on any atom is -0.308 e. The van der Waals surface area contributed by atoms with Gasteiger partial charge in [-0.05, 0) is 35.9 Å². The molecule has 1 fully saturated rings. The molecule has 0 saturated carbocycles. The summed E-state index contributed by atoms with van der Waals surface area (Å²) in [5.74, 6) is 0.496. The summed E-state index contributed by atoms with van der Waals surface area (Å²) in [5.41, 5.74) is 1.34. The molecular weight excluding hydrogens is 358 g/mol. The average Bonchev–Trinajstić information content (AvgIpc) is 3.00. The summed E-state index contributed by atoms with van der Waals surface area (Å²) in [4.78, 5) is 14.2. The van der Waals surface area contributed by atoms with Gasteiger partial charge in [0.15, 0.2) is 0 Å². The van der Waals surface area contributed by atoms with Crippen LogP contribution in [-0.2, 0) is 0 Å². The third-order valence-corrected chi connectivity index (χ3v) is 5.46. The first-order chi connectivity index (χ1) is 11.0. The number of benzene rings is 2. The van der Waals surface area contributed by atoms with Crippen molar-refractivity contribution in [2.75, 3.05) is 17.6 Å². The number of carbonyl (C=O) groups is 1. The van der Waals surface area contributed by atoms with Crippen LogP contribution < -0.4 is 5.32 Å². The number of rotatable bonds is 2. The van der Waals surface area contributed by atoms with Crippen molar-refractivity contribution >= 4 is 46.7 Å². The van der Waals surface area contributed by atoms with E-state index in [2.05, 4.69) is 5.32 Å². The van der Waals surface area contributed by atoms with E-state index >= 15 is 0 Å². The SMILES string of the molecule is O=C(Nc1ccc(Cl)c(Cl)c1)N1CCS[C@@H]1c1cccc(F)c1. The maximum atomic E-state index is 13.4. The molecule has 2 aromatic rings. The minimum absolute atomic E-state index is 0.200. The number of hydrogen-bond donors (Lipinski definition) is 1. The van der Waals surface area contributed by atoms with Gasteiger partial charge >= 0.3 is 6.03 Å². The van der Waals surface area contributed by atoms with E-state index in [1.165, 1.54) is 12.1 Å². The predicted molar refractivity (Wildman–Crippen MR) is 93.8 cm³/mol. The third kappa shape index (κ3) is 3.74. The predicted octanol–water partition coefficient (Wildman–Crippen LogP) is 5.41. The number of urea groups is 1. The van der Waals surface area contributed by atoms with E-state index in [1.807, 2.05) is 6.07 Å². The highest BCUT2D eigenvalue weighted by Crippen LogP contribution is 2.38. The molecular formula is C16H13Cl2FN2OS. The Morgan fingerprint density at radius 2 is 2.04 bits per heavy atom. The van der Waals surface area contributed by atoms with Crippen LogP contribution >= 0.6 is 35.0 Å². The zero-order valence-corrected chi connectivity index (χ0v) is 14.3. The number of anilines is 1. The maximum Gasteiger partial charge on any atom is 0.323 e. The molecule has 2 aromatic carbocycles. The lowest BCUT2D eigenvalue weighted by Gasteiger charge is -2.24. The highest BCUT2D eigenvalue weighted by atomic mass is 35.5. The number of nitrogens with zero attached hydrogens (tertiary/aromatic N) is 1. The molecule has 1 saturated heterocycles. The molecule has 1 heterocycles. The molecule has 120 valence electrons. The van der Waals surface area contributed by atoms with Crippen molar-refractivity contribution in [3.05, 3.63) is 63.9 Å². The second-order valence-corrected chi connectivity index (χ2v) is 7.03. The normalized spacial score (nSPS) is 17.3. The molecule has 0 spiro atoms. The molecule has 1 atom stereocenters. The first kappa shape index (κ1) is 16.4. The smallest absolute Gasteiger partial charge is 0.308 e. The van der Waals surface area contributed by atoms with Crippen molar-refractivity contribution in [1.29, 1.82) is 0 Å². The quantitative estimate of drug-likeness (QED) is 0.765. The highest BCUT2D eigenvalue weighted by molar-refractivity contribution is 7.99. The largest absolute Gasteiger partial charge is 0.323 e. The van der Waals surface area contributed by atoms with Gasteiger partial charge in [-0.15, -0.1) is 11.8 Å². The standard InChI is InChI=1S/C16H13Cl2FN2OS/c17-13-5-4-12(9-14(13)18)20-16(22)21-6-7-23-15(21)10-2-1-3-11(19)8-10/h1-5,8-9,15H,6-7H2,(H,20,22)/t15-/m1/s1. The number of halogens is 3. The number of hydrogen-bond acceptors (Lipinski definition) is 2. The minimum atomic E-state index is -0.306. The molecule has 2 amide bonds. The summed E-state index contributed by atoms with van der Waals surface area (Å²) in [7, 11) is 0. The molecule has 0 bridgehead atoms. The fourth-order valence-corrected chi connectivity index (χ4v) is 3.93. The fraction of sp³-hybridized carbons (Fsp3) is 0.188. The van der Waals surface area contributed by atoms with Crippen molar-refractivity contribution in [1.82, 2.24) is 4.90 Å². The van der Waals surface area contributed by atoms with Gasteiger partial charge in [0, 0.05) is 18.0 Å². The van der Waals surface area contributed by atoms with Crippen LogP contribution in [0.15, 0.2) is 42.5 Å². The summed E-state index contributed by atoms with van der Waals surface area (Å²) in [6.07, 6.45) is 0. The second-order valence-electron chi connectivity index (χ2n) is 5.03. The Kier molecular flexibility index (Phi) is 4.99. The molecule has 0 aromatic heterocycles. The van der Waals surface area contributed by atoms with Gasteiger partial charge in [0.05, 0.1) is 10.0 Å². The number of nitrogens with one attached hydrogen (secondary N) is 1. The van der Waals surface area contributed by atoms with Crippen LogP contribution in [0.4, 0.5) is 14.9 Å². The molecule has 1 aliphatic rings. The Labute approximate surface area is 147 Å². The van der Waals surface area contributed by atoms with Crippen molar-refractivity contribution in [3.63, 3.8) is 0 Å². The molecule has 3 nitrogen and oxygen atoms in total. The van der Waals surface area contributed by atoms with Gasteiger partial charge in [0.2, 0.25) is 0 Å². The summed E-state index contributed by atoms with van der Waals surface area (Å²) < 4.78 is 13.4. The van der Waals surface area contributed by atoms with Crippen LogP contribution in [0.2, 0.25) is 10.0 Å². The van der Waals surface area contributed by atoms with Crippen molar-refractivity contribution < 1.29 is 9.18 Å². The van der Waals surface area contributed by atoms with E-state index in [-0.39, 0.29) is 17.2 Å². The summed E-state index contributed by atoms with van der Waals surface area (Å²) in [5, 5.41) is 3.41. The van der Waals surface area contributed by atoms with E-state index in [4.69, 9.17) is 23.2 Å². The Hall–Kier alpha value is -1.43. The van der Waals surface area contributed by atoms with Crippen molar-refractivity contribution in [3.8, 4) is 0 Å². The molecule has 1 aliphatic heterocycles. The Bertz CT molecular complexity index is 744. The first-order valence-electron chi connectivity index (χ1n) is 6.94. The lowest BCUT2D eigenvalue weighted by atomic mass is 10.2. The molecule has 0 radical (unpaired) electrons. The van der Waals surface area contributed by atoms with Gasteiger partial charge in [-0.1, -0.05) is 35.3 Å². The summed E-state index contributed by atoms with van der Waals surface area (Å²) >= 11 is 13.4. The first-order valence-corrected chi connectivity index (χ1v) is 8.75. The van der Waals surface area contributed by atoms with Crippen LogP contribution in [0.25, 0.3) is 0 Å². The van der Waals surface area contributed by atoms with Crippen LogP contribution in [0.3, 0.4) is 0 Å². The number of amides is 2. The van der Waals surface area contributed by atoms with Gasteiger partial charge < -0.3 is 10.2 Å². The van der Waals surface area contributed by atoms with E-state index in [9.17, 15) is 9.18 Å². The van der Waals surface area contributed by atoms with Gasteiger partial charge in [-0.25, -0.2) is 9.18 Å². The molecule has 3 rings (SSSR count). The zero-order chi connectivity index (χ0) is 16.4. The van der Waals surface area contributed by atoms with Gasteiger partial charge in [-0.3, -0.25) is 0 Å². The van der Waals surface area contributed by atoms with Crippen LogP contribution in [0, 0.1) is 5.82 Å². The molecule has 23 heavy (non-hydrogen) atoms. The van der Waals surface area contributed by atoms with Gasteiger partial charge in [-0.2, -0.15) is 0 Å². The molecule has 0 aliphatic carbocycles.